The molecule has 0 bridgehead atoms. The Labute approximate surface area is 121 Å². The molecule has 0 spiro atoms. The van der Waals surface area contributed by atoms with E-state index in [9.17, 15) is 4.79 Å². The monoisotopic (exact) mass is 292 g/mol. The first-order chi connectivity index (χ1) is 9.56. The zero-order valence-electron chi connectivity index (χ0n) is 11.0. The molecule has 0 aliphatic heterocycles. The summed E-state index contributed by atoms with van der Waals surface area (Å²) in [4.78, 5) is 10.9. The predicted octanol–water partition coefficient (Wildman–Crippen LogP) is 3.72. The summed E-state index contributed by atoms with van der Waals surface area (Å²) in [5, 5.41) is 9.16. The Morgan fingerprint density at radius 1 is 1.00 bits per heavy atom. The van der Waals surface area contributed by atoms with Crippen LogP contribution in [0.15, 0.2) is 36.4 Å². The van der Waals surface area contributed by atoms with Gasteiger partial charge in [0.25, 0.3) is 0 Å². The molecular formula is C15H13ClO4. The standard InChI is InChI=1S/C15H13ClO4/c1-19-13-6-4-10(8-14(13)20-2)9-3-5-11(15(17)18)12(16)7-9/h3-8H,1-2H3,(H,17,18). The molecule has 5 heteroatoms. The Kier molecular flexibility index (Phi) is 4.15. The van der Waals surface area contributed by atoms with Crippen LogP contribution in [-0.4, -0.2) is 25.3 Å². The summed E-state index contributed by atoms with van der Waals surface area (Å²) in [5.74, 6) is 0.182. The highest BCUT2D eigenvalue weighted by atomic mass is 35.5. The molecule has 1 N–H and O–H groups in total. The fraction of sp³-hybridized carbons (Fsp3) is 0.133. The van der Waals surface area contributed by atoms with Gasteiger partial charge in [0, 0.05) is 0 Å². The lowest BCUT2D eigenvalue weighted by Gasteiger charge is -2.10. The van der Waals surface area contributed by atoms with E-state index in [1.54, 1.807) is 32.4 Å². The number of benzene rings is 2. The summed E-state index contributed by atoms with van der Waals surface area (Å²) in [7, 11) is 3.12. The highest BCUT2D eigenvalue weighted by Gasteiger charge is 2.11. The van der Waals surface area contributed by atoms with Crippen molar-refractivity contribution in [2.24, 2.45) is 0 Å². The molecule has 2 aromatic carbocycles. The SMILES string of the molecule is COc1ccc(-c2ccc(C(=O)O)c(Cl)c2)cc1OC. The van der Waals surface area contributed by atoms with Gasteiger partial charge in [-0.05, 0) is 35.4 Å². The second kappa shape index (κ2) is 5.84. The number of carbonyl (C=O) groups is 1. The Morgan fingerprint density at radius 2 is 1.60 bits per heavy atom. The van der Waals surface area contributed by atoms with Crippen molar-refractivity contribution in [1.82, 2.24) is 0 Å². The number of methoxy groups -OCH3 is 2. The third-order valence-electron chi connectivity index (χ3n) is 2.92. The molecule has 0 heterocycles. The molecule has 0 radical (unpaired) electrons. The molecule has 0 aliphatic carbocycles. The van der Waals surface area contributed by atoms with Crippen molar-refractivity contribution in [1.29, 1.82) is 0 Å². The minimum Gasteiger partial charge on any atom is -0.493 e. The van der Waals surface area contributed by atoms with Gasteiger partial charge in [-0.1, -0.05) is 23.7 Å². The first-order valence-corrected chi connectivity index (χ1v) is 6.20. The fourth-order valence-corrected chi connectivity index (χ4v) is 2.15. The number of ether oxygens (including phenoxy) is 2. The number of carboxylic acids is 1. The minimum atomic E-state index is -1.05. The topological polar surface area (TPSA) is 55.8 Å². The maximum absolute atomic E-state index is 10.9. The van der Waals surface area contributed by atoms with Crippen LogP contribution < -0.4 is 9.47 Å². The number of rotatable bonds is 4. The highest BCUT2D eigenvalue weighted by Crippen LogP contribution is 2.33. The van der Waals surface area contributed by atoms with Gasteiger partial charge in [0.15, 0.2) is 11.5 Å². The quantitative estimate of drug-likeness (QED) is 0.933. The molecular weight excluding hydrogens is 280 g/mol. The van der Waals surface area contributed by atoms with E-state index in [0.29, 0.717) is 11.5 Å². The van der Waals surface area contributed by atoms with Crippen LogP contribution in [0.2, 0.25) is 5.02 Å². The van der Waals surface area contributed by atoms with Crippen LogP contribution in [0.25, 0.3) is 11.1 Å². The van der Waals surface area contributed by atoms with Crippen molar-refractivity contribution in [2.75, 3.05) is 14.2 Å². The fourth-order valence-electron chi connectivity index (χ4n) is 1.88. The van der Waals surface area contributed by atoms with Gasteiger partial charge in [0.1, 0.15) is 0 Å². The first-order valence-electron chi connectivity index (χ1n) is 5.82. The van der Waals surface area contributed by atoms with Gasteiger partial charge in [-0.3, -0.25) is 0 Å². The van der Waals surface area contributed by atoms with Crippen LogP contribution in [0.3, 0.4) is 0 Å². The maximum Gasteiger partial charge on any atom is 0.337 e. The molecule has 2 aromatic rings. The number of hydrogen-bond acceptors (Lipinski definition) is 3. The maximum atomic E-state index is 10.9. The number of hydrogen-bond donors (Lipinski definition) is 1. The van der Waals surface area contributed by atoms with Gasteiger partial charge in [0.05, 0.1) is 24.8 Å². The van der Waals surface area contributed by atoms with Gasteiger partial charge in [-0.2, -0.15) is 0 Å². The molecule has 20 heavy (non-hydrogen) atoms. The second-order valence-electron chi connectivity index (χ2n) is 4.07. The summed E-state index contributed by atoms with van der Waals surface area (Å²) >= 11 is 5.97. The average Bonchev–Trinajstić information content (AvgIpc) is 2.45. The lowest BCUT2D eigenvalue weighted by atomic mass is 10.0. The second-order valence-corrected chi connectivity index (χ2v) is 4.48. The molecule has 2 rings (SSSR count). The van der Waals surface area contributed by atoms with E-state index in [1.165, 1.54) is 6.07 Å². The molecule has 0 saturated heterocycles. The third kappa shape index (κ3) is 2.70. The molecule has 0 atom stereocenters. The van der Waals surface area contributed by atoms with Crippen molar-refractivity contribution in [2.45, 2.75) is 0 Å². The summed E-state index contributed by atoms with van der Waals surface area (Å²) < 4.78 is 10.4. The van der Waals surface area contributed by atoms with E-state index in [2.05, 4.69) is 0 Å². The van der Waals surface area contributed by atoms with E-state index in [-0.39, 0.29) is 10.6 Å². The molecule has 0 fully saturated rings. The van der Waals surface area contributed by atoms with E-state index in [1.807, 2.05) is 12.1 Å². The molecule has 0 unspecified atom stereocenters. The molecule has 104 valence electrons. The summed E-state index contributed by atoms with van der Waals surface area (Å²) in [6.45, 7) is 0. The summed E-state index contributed by atoms with van der Waals surface area (Å²) in [6, 6.07) is 10.3. The lowest BCUT2D eigenvalue weighted by molar-refractivity contribution is 0.0697. The summed E-state index contributed by atoms with van der Waals surface area (Å²) in [5.41, 5.74) is 1.75. The van der Waals surface area contributed by atoms with Crippen LogP contribution in [0.4, 0.5) is 0 Å². The third-order valence-corrected chi connectivity index (χ3v) is 3.23. The molecule has 4 nitrogen and oxygen atoms in total. The van der Waals surface area contributed by atoms with Crippen molar-refractivity contribution < 1.29 is 19.4 Å². The highest BCUT2D eigenvalue weighted by molar-refractivity contribution is 6.33. The van der Waals surface area contributed by atoms with Gasteiger partial charge >= 0.3 is 5.97 Å². The zero-order chi connectivity index (χ0) is 14.7. The van der Waals surface area contributed by atoms with E-state index >= 15 is 0 Å². The van der Waals surface area contributed by atoms with Gasteiger partial charge < -0.3 is 14.6 Å². The van der Waals surface area contributed by atoms with E-state index < -0.39 is 5.97 Å². The van der Waals surface area contributed by atoms with Crippen molar-refractivity contribution in [3.63, 3.8) is 0 Å². The largest absolute Gasteiger partial charge is 0.493 e. The van der Waals surface area contributed by atoms with E-state index in [4.69, 9.17) is 26.2 Å². The zero-order valence-corrected chi connectivity index (χ0v) is 11.8. The lowest BCUT2D eigenvalue weighted by Crippen LogP contribution is -1.97. The number of carboxylic acid groups (broad SMARTS) is 1. The average molecular weight is 293 g/mol. The van der Waals surface area contributed by atoms with Crippen molar-refractivity contribution in [3.05, 3.63) is 47.0 Å². The Morgan fingerprint density at radius 3 is 2.15 bits per heavy atom. The Balaban J connectivity index is 2.46. The minimum absolute atomic E-state index is 0.0795. The normalized spacial score (nSPS) is 10.2. The number of halogens is 1. The van der Waals surface area contributed by atoms with Gasteiger partial charge in [-0.15, -0.1) is 0 Å². The molecule has 0 aliphatic rings. The van der Waals surface area contributed by atoms with Crippen LogP contribution in [-0.2, 0) is 0 Å². The van der Waals surface area contributed by atoms with Crippen LogP contribution >= 0.6 is 11.6 Å². The predicted molar refractivity (Wildman–Crippen MR) is 77.0 cm³/mol. The molecule has 0 amide bonds. The Bertz CT molecular complexity index is 652. The smallest absolute Gasteiger partial charge is 0.337 e. The van der Waals surface area contributed by atoms with Crippen molar-refractivity contribution in [3.8, 4) is 22.6 Å². The molecule has 0 aromatic heterocycles. The van der Waals surface area contributed by atoms with Gasteiger partial charge in [-0.25, -0.2) is 4.79 Å². The van der Waals surface area contributed by atoms with Crippen LogP contribution in [0, 0.1) is 0 Å². The van der Waals surface area contributed by atoms with Crippen LogP contribution in [0.1, 0.15) is 10.4 Å². The van der Waals surface area contributed by atoms with Crippen LogP contribution in [0.5, 0.6) is 11.5 Å². The first kappa shape index (κ1) is 14.2. The van der Waals surface area contributed by atoms with E-state index in [0.717, 1.165) is 11.1 Å². The molecule has 0 saturated carbocycles. The van der Waals surface area contributed by atoms with Crippen molar-refractivity contribution >= 4 is 17.6 Å². The Hall–Kier alpha value is -2.20. The van der Waals surface area contributed by atoms with Gasteiger partial charge in [0.2, 0.25) is 0 Å². The number of aromatic carboxylic acids is 1. The summed E-state index contributed by atoms with van der Waals surface area (Å²) in [6.07, 6.45) is 0.